The van der Waals surface area contributed by atoms with Gasteiger partial charge in [0.25, 0.3) is 0 Å². The largest absolute Gasteiger partial charge is 0.380 e. The molecule has 0 spiro atoms. The highest BCUT2D eigenvalue weighted by Crippen LogP contribution is 2.40. The first kappa shape index (κ1) is 29.3. The zero-order chi connectivity index (χ0) is 28.2. The van der Waals surface area contributed by atoms with Crippen molar-refractivity contribution in [3.63, 3.8) is 0 Å². The molecule has 0 saturated carbocycles. The Hall–Kier alpha value is -3.24. The number of hydrogen-bond acceptors (Lipinski definition) is 3. The predicted molar refractivity (Wildman–Crippen MR) is 171 cm³/mol. The lowest BCUT2D eigenvalue weighted by Crippen LogP contribution is -2.42. The molecule has 0 aliphatic carbocycles. The molecule has 6 rings (SSSR count). The van der Waals surface area contributed by atoms with Crippen molar-refractivity contribution in [3.8, 4) is 0 Å². The van der Waals surface area contributed by atoms with Crippen molar-refractivity contribution in [1.82, 2.24) is 10.2 Å². The number of benzene rings is 4. The lowest BCUT2D eigenvalue weighted by Gasteiger charge is -2.39. The van der Waals surface area contributed by atoms with E-state index in [2.05, 4.69) is 70.9 Å². The van der Waals surface area contributed by atoms with Crippen LogP contribution in [0.3, 0.4) is 0 Å². The first-order valence-electron chi connectivity index (χ1n) is 15.6. The summed E-state index contributed by atoms with van der Waals surface area (Å²) >= 11 is 0. The number of rotatable bonds is 7. The Bertz CT molecular complexity index is 1170. The summed E-state index contributed by atoms with van der Waals surface area (Å²) in [4.78, 5) is 2.65. The minimum atomic E-state index is -0.884. The van der Waals surface area contributed by atoms with Gasteiger partial charge in [0.05, 0.1) is 0 Å². The van der Waals surface area contributed by atoms with Crippen LogP contribution >= 0.6 is 0 Å². The monoisotopic (exact) mass is 546 g/mol. The maximum atomic E-state index is 11.6. The van der Waals surface area contributed by atoms with Crippen molar-refractivity contribution in [2.45, 2.75) is 50.7 Å². The average Bonchev–Trinajstić information content (AvgIpc) is 3.27. The third-order valence-electron chi connectivity index (χ3n) is 8.83. The van der Waals surface area contributed by atoms with Crippen molar-refractivity contribution in [2.75, 3.05) is 26.2 Å². The fraction of sp³-hybridized carbons (Fsp3) is 0.368. The number of hydrogen-bond donors (Lipinski definition) is 2. The SMILES string of the molecule is OC(c1ccccc1)(c1ccccc1)C1CCNCC1.c1ccc(CC2CCCCN(Cc3ccccc3)C2)cc1. The molecule has 4 aromatic rings. The van der Waals surface area contributed by atoms with E-state index >= 15 is 0 Å². The lowest BCUT2D eigenvalue weighted by molar-refractivity contribution is 0.00236. The highest BCUT2D eigenvalue weighted by atomic mass is 16.3. The topological polar surface area (TPSA) is 35.5 Å². The normalized spacial score (nSPS) is 18.6. The van der Waals surface area contributed by atoms with Crippen molar-refractivity contribution in [2.24, 2.45) is 11.8 Å². The molecule has 2 aliphatic rings. The van der Waals surface area contributed by atoms with Gasteiger partial charge in [0.1, 0.15) is 5.60 Å². The van der Waals surface area contributed by atoms with E-state index in [0.717, 1.165) is 49.5 Å². The molecule has 214 valence electrons. The van der Waals surface area contributed by atoms with Crippen LogP contribution in [0.1, 0.15) is 54.4 Å². The van der Waals surface area contributed by atoms with Crippen molar-refractivity contribution in [1.29, 1.82) is 0 Å². The molecule has 2 heterocycles. The van der Waals surface area contributed by atoms with Gasteiger partial charge < -0.3 is 10.4 Å². The fourth-order valence-corrected chi connectivity index (χ4v) is 6.68. The molecule has 3 heteroatoms. The lowest BCUT2D eigenvalue weighted by atomic mass is 9.72. The van der Waals surface area contributed by atoms with Crippen LogP contribution in [0.5, 0.6) is 0 Å². The summed E-state index contributed by atoms with van der Waals surface area (Å²) < 4.78 is 0. The van der Waals surface area contributed by atoms with Gasteiger partial charge in [-0.05, 0) is 85.8 Å². The van der Waals surface area contributed by atoms with Gasteiger partial charge in [-0.2, -0.15) is 0 Å². The van der Waals surface area contributed by atoms with E-state index in [0.29, 0.717) is 0 Å². The molecule has 0 radical (unpaired) electrons. The zero-order valence-electron chi connectivity index (χ0n) is 24.4. The van der Waals surface area contributed by atoms with Crippen LogP contribution in [0.25, 0.3) is 0 Å². The standard InChI is InChI=1S/C20H25N.C18H21NO/c1-3-9-18(10-4-1)15-20-13-7-8-14-21(17-20)16-19-11-5-2-6-12-19;20-18(15-7-3-1-4-8-15,16-9-5-2-6-10-16)17-11-13-19-14-12-17/h1-6,9-12,20H,7-8,13-17H2;1-10,17,19-20H,11-14H2. The Balaban J connectivity index is 0.000000165. The second-order valence-corrected chi connectivity index (χ2v) is 11.8. The Kier molecular flexibility index (Phi) is 10.8. The van der Waals surface area contributed by atoms with Crippen molar-refractivity contribution < 1.29 is 5.11 Å². The third kappa shape index (κ3) is 8.16. The van der Waals surface area contributed by atoms with Gasteiger partial charge in [0.2, 0.25) is 0 Å². The maximum Gasteiger partial charge on any atom is 0.117 e. The summed E-state index contributed by atoms with van der Waals surface area (Å²) in [7, 11) is 0. The van der Waals surface area contributed by atoms with E-state index in [9.17, 15) is 5.11 Å². The summed E-state index contributed by atoms with van der Waals surface area (Å²) in [6, 6.07) is 42.0. The van der Waals surface area contributed by atoms with E-state index in [4.69, 9.17) is 0 Å². The van der Waals surface area contributed by atoms with Crippen LogP contribution < -0.4 is 5.32 Å². The van der Waals surface area contributed by atoms with Crippen molar-refractivity contribution in [3.05, 3.63) is 144 Å². The number of piperidine rings is 1. The second kappa shape index (κ2) is 15.1. The van der Waals surface area contributed by atoms with Crippen LogP contribution in [0.2, 0.25) is 0 Å². The van der Waals surface area contributed by atoms with Gasteiger partial charge in [0, 0.05) is 13.1 Å². The maximum absolute atomic E-state index is 11.6. The molecular formula is C38H46N2O. The average molecular weight is 547 g/mol. The molecule has 1 atom stereocenters. The number of aliphatic hydroxyl groups is 1. The molecule has 41 heavy (non-hydrogen) atoms. The molecule has 0 aromatic heterocycles. The first-order valence-corrected chi connectivity index (χ1v) is 15.6. The molecule has 2 aliphatic heterocycles. The predicted octanol–water partition coefficient (Wildman–Crippen LogP) is 7.45. The Morgan fingerprint density at radius 1 is 0.634 bits per heavy atom. The van der Waals surface area contributed by atoms with Crippen LogP contribution in [0.4, 0.5) is 0 Å². The molecule has 0 bridgehead atoms. The molecular weight excluding hydrogens is 500 g/mol. The Labute approximate surface area is 247 Å². The minimum Gasteiger partial charge on any atom is -0.380 e. The van der Waals surface area contributed by atoms with Crippen molar-refractivity contribution >= 4 is 0 Å². The molecule has 1 unspecified atom stereocenters. The highest BCUT2D eigenvalue weighted by Gasteiger charge is 2.40. The molecule has 4 aromatic carbocycles. The second-order valence-electron chi connectivity index (χ2n) is 11.8. The molecule has 0 amide bonds. The van der Waals surface area contributed by atoms with Gasteiger partial charge in [-0.1, -0.05) is 128 Å². The van der Waals surface area contributed by atoms with Crippen LogP contribution in [-0.4, -0.2) is 36.2 Å². The summed E-state index contributed by atoms with van der Waals surface area (Å²) in [6.07, 6.45) is 7.33. The van der Waals surface area contributed by atoms with Crippen LogP contribution in [0.15, 0.2) is 121 Å². The number of nitrogens with zero attached hydrogens (tertiary/aromatic N) is 1. The molecule has 2 fully saturated rings. The molecule has 2 N–H and O–H groups in total. The fourth-order valence-electron chi connectivity index (χ4n) is 6.68. The summed E-state index contributed by atoms with van der Waals surface area (Å²) in [5.41, 5.74) is 4.04. The summed E-state index contributed by atoms with van der Waals surface area (Å²) in [6.45, 7) is 5.55. The highest BCUT2D eigenvalue weighted by molar-refractivity contribution is 5.37. The van der Waals surface area contributed by atoms with Gasteiger partial charge in [-0.15, -0.1) is 0 Å². The van der Waals surface area contributed by atoms with E-state index in [1.165, 1.54) is 49.9 Å². The van der Waals surface area contributed by atoms with E-state index < -0.39 is 5.60 Å². The van der Waals surface area contributed by atoms with E-state index in [-0.39, 0.29) is 5.92 Å². The van der Waals surface area contributed by atoms with Gasteiger partial charge >= 0.3 is 0 Å². The molecule has 2 saturated heterocycles. The minimum absolute atomic E-state index is 0.258. The summed E-state index contributed by atoms with van der Waals surface area (Å²) in [5, 5.41) is 14.9. The number of nitrogens with one attached hydrogen (secondary N) is 1. The van der Waals surface area contributed by atoms with E-state index in [1.54, 1.807) is 0 Å². The number of likely N-dealkylation sites (tertiary alicyclic amines) is 1. The zero-order valence-corrected chi connectivity index (χ0v) is 24.4. The van der Waals surface area contributed by atoms with Gasteiger partial charge in [-0.25, -0.2) is 0 Å². The Morgan fingerprint density at radius 3 is 1.71 bits per heavy atom. The van der Waals surface area contributed by atoms with Crippen LogP contribution in [0, 0.1) is 11.8 Å². The third-order valence-corrected chi connectivity index (χ3v) is 8.83. The molecule has 3 nitrogen and oxygen atoms in total. The first-order chi connectivity index (χ1) is 20.2. The smallest absolute Gasteiger partial charge is 0.117 e. The quantitative estimate of drug-likeness (QED) is 0.253. The van der Waals surface area contributed by atoms with E-state index in [1.807, 2.05) is 60.7 Å². The van der Waals surface area contributed by atoms with Gasteiger partial charge in [-0.3, -0.25) is 4.90 Å². The summed E-state index contributed by atoms with van der Waals surface area (Å²) in [5.74, 6) is 1.06. The van der Waals surface area contributed by atoms with Crippen LogP contribution in [-0.2, 0) is 18.6 Å². The van der Waals surface area contributed by atoms with Gasteiger partial charge in [0.15, 0.2) is 0 Å². The Morgan fingerprint density at radius 2 is 1.15 bits per heavy atom.